The number of fused-ring (bicyclic) bond motifs is 5. The number of phenols is 1. The molecule has 49 heavy (non-hydrogen) atoms. The Hall–Kier alpha value is -4.60. The van der Waals surface area contributed by atoms with Crippen LogP contribution in [0.1, 0.15) is 44.1 Å². The molecule has 4 saturated heterocycles. The van der Waals surface area contributed by atoms with Crippen molar-refractivity contribution in [2.24, 2.45) is 7.05 Å². The number of piperidine rings is 1. The molecule has 2 aromatic heterocycles. The zero-order valence-corrected chi connectivity index (χ0v) is 27.1. The number of hydrogen-bond donors (Lipinski definition) is 1. The molecule has 0 aliphatic carbocycles. The van der Waals surface area contributed by atoms with E-state index in [1.807, 2.05) is 0 Å². The summed E-state index contributed by atoms with van der Waals surface area (Å²) in [5.74, 6) is 1.41. The molecule has 9 nitrogen and oxygen atoms in total. The van der Waals surface area contributed by atoms with Gasteiger partial charge in [0.15, 0.2) is 5.82 Å². The smallest absolute Gasteiger partial charge is 0.319 e. The van der Waals surface area contributed by atoms with Gasteiger partial charge in [-0.2, -0.15) is 15.1 Å². The van der Waals surface area contributed by atoms with Crippen LogP contribution in [0.25, 0.3) is 43.7 Å². The fourth-order valence-electron chi connectivity index (χ4n) is 8.86. The number of halogens is 3. The number of phenolic OH excluding ortho intramolecular Hbond substituents is 1. The number of alkyl halides is 1. The number of hydrogen-bond acceptors (Lipinski definition) is 8. The lowest BCUT2D eigenvalue weighted by molar-refractivity contribution is -0.151. The Morgan fingerprint density at radius 2 is 1.94 bits per heavy atom. The Bertz CT molecular complexity index is 2230. The number of anilines is 1. The molecular formula is C37H35F3N6O3. The van der Waals surface area contributed by atoms with E-state index in [2.05, 4.69) is 20.8 Å². The molecule has 252 valence electrons. The van der Waals surface area contributed by atoms with Crippen LogP contribution in [-0.2, 0) is 11.8 Å². The van der Waals surface area contributed by atoms with Crippen molar-refractivity contribution in [3.05, 3.63) is 47.7 Å². The fourth-order valence-corrected chi connectivity index (χ4v) is 8.86. The summed E-state index contributed by atoms with van der Waals surface area (Å²) in [7, 11) is 1.74. The Morgan fingerprint density at radius 1 is 1.10 bits per heavy atom. The Kier molecular flexibility index (Phi) is 6.81. The molecule has 1 spiro atoms. The Morgan fingerprint density at radius 3 is 2.73 bits per heavy atom. The predicted octanol–water partition coefficient (Wildman–Crippen LogP) is 6.02. The lowest BCUT2D eigenvalue weighted by atomic mass is 9.85. The van der Waals surface area contributed by atoms with Gasteiger partial charge in [-0.05, 0) is 61.4 Å². The molecule has 6 heterocycles. The van der Waals surface area contributed by atoms with E-state index in [1.165, 1.54) is 24.3 Å². The highest BCUT2D eigenvalue weighted by molar-refractivity contribution is 6.18. The largest absolute Gasteiger partial charge is 0.508 e. The normalized spacial score (nSPS) is 25.4. The minimum Gasteiger partial charge on any atom is -0.508 e. The maximum atomic E-state index is 17.5. The summed E-state index contributed by atoms with van der Waals surface area (Å²) >= 11 is 0. The molecule has 4 fully saturated rings. The van der Waals surface area contributed by atoms with E-state index >= 15 is 8.78 Å². The predicted molar refractivity (Wildman–Crippen MR) is 180 cm³/mol. The first-order valence-electron chi connectivity index (χ1n) is 16.9. The summed E-state index contributed by atoms with van der Waals surface area (Å²) in [5, 5.41) is 17.3. The van der Waals surface area contributed by atoms with Crippen molar-refractivity contribution in [1.82, 2.24) is 24.6 Å². The van der Waals surface area contributed by atoms with E-state index in [0.717, 1.165) is 38.6 Å². The molecule has 3 aromatic carbocycles. The number of aromatic hydroxyl groups is 1. The average molecular weight is 669 g/mol. The monoisotopic (exact) mass is 668 g/mol. The lowest BCUT2D eigenvalue weighted by Crippen LogP contribution is -2.56. The van der Waals surface area contributed by atoms with E-state index in [1.54, 1.807) is 17.9 Å². The topological polar surface area (TPSA) is 88.8 Å². The Balaban J connectivity index is 1.29. The van der Waals surface area contributed by atoms with Gasteiger partial charge in [0, 0.05) is 62.1 Å². The summed E-state index contributed by atoms with van der Waals surface area (Å²) in [6.45, 7) is 3.30. The minimum atomic E-state index is -0.933. The van der Waals surface area contributed by atoms with Gasteiger partial charge in [-0.3, -0.25) is 9.58 Å². The molecule has 4 aliphatic heterocycles. The number of aromatic nitrogens is 4. The van der Waals surface area contributed by atoms with Gasteiger partial charge in [0.2, 0.25) is 0 Å². The third-order valence-corrected chi connectivity index (χ3v) is 11.1. The van der Waals surface area contributed by atoms with Gasteiger partial charge in [0.05, 0.1) is 28.7 Å². The number of benzene rings is 3. The van der Waals surface area contributed by atoms with Crippen LogP contribution in [0.3, 0.4) is 0 Å². The van der Waals surface area contributed by atoms with E-state index in [4.69, 9.17) is 25.9 Å². The lowest BCUT2D eigenvalue weighted by Gasteiger charge is -2.49. The van der Waals surface area contributed by atoms with Gasteiger partial charge >= 0.3 is 6.01 Å². The zero-order valence-electron chi connectivity index (χ0n) is 27.1. The van der Waals surface area contributed by atoms with Gasteiger partial charge in [-0.15, -0.1) is 6.42 Å². The van der Waals surface area contributed by atoms with Crippen molar-refractivity contribution < 1.29 is 27.8 Å². The second-order valence-corrected chi connectivity index (χ2v) is 14.1. The highest BCUT2D eigenvalue weighted by Gasteiger charge is 2.49. The van der Waals surface area contributed by atoms with Crippen LogP contribution in [0.5, 0.6) is 11.8 Å². The summed E-state index contributed by atoms with van der Waals surface area (Å²) < 4.78 is 61.3. The van der Waals surface area contributed by atoms with E-state index in [9.17, 15) is 9.50 Å². The number of nitrogens with zero attached hydrogens (tertiary/aromatic N) is 6. The first-order chi connectivity index (χ1) is 23.7. The van der Waals surface area contributed by atoms with Crippen LogP contribution in [0.15, 0.2) is 30.5 Å². The quantitative estimate of drug-likeness (QED) is 0.228. The van der Waals surface area contributed by atoms with Crippen molar-refractivity contribution >= 4 is 38.4 Å². The van der Waals surface area contributed by atoms with Crippen LogP contribution in [0.2, 0.25) is 0 Å². The molecular weight excluding hydrogens is 633 g/mol. The van der Waals surface area contributed by atoms with Crippen molar-refractivity contribution in [2.75, 3.05) is 44.3 Å². The van der Waals surface area contributed by atoms with E-state index in [-0.39, 0.29) is 57.1 Å². The third kappa shape index (κ3) is 4.66. The van der Waals surface area contributed by atoms with Gasteiger partial charge < -0.3 is 19.5 Å². The van der Waals surface area contributed by atoms with Crippen molar-refractivity contribution in [3.63, 3.8) is 0 Å². The second kappa shape index (κ2) is 11.0. The molecule has 1 unspecified atom stereocenters. The van der Waals surface area contributed by atoms with E-state index in [0.29, 0.717) is 54.6 Å². The molecule has 9 rings (SSSR count). The highest BCUT2D eigenvalue weighted by atomic mass is 19.1. The number of rotatable bonds is 5. The number of ether oxygens (including phenoxy) is 2. The molecule has 1 N–H and O–H groups in total. The summed E-state index contributed by atoms with van der Waals surface area (Å²) in [6, 6.07) is 5.56. The van der Waals surface area contributed by atoms with Crippen LogP contribution in [0.4, 0.5) is 19.0 Å². The van der Waals surface area contributed by atoms with Crippen LogP contribution in [0, 0.1) is 24.0 Å². The van der Waals surface area contributed by atoms with Crippen molar-refractivity contribution in [3.8, 4) is 35.2 Å². The molecule has 12 heteroatoms. The first-order valence-corrected chi connectivity index (χ1v) is 16.9. The summed E-state index contributed by atoms with van der Waals surface area (Å²) in [4.78, 5) is 13.9. The van der Waals surface area contributed by atoms with Crippen molar-refractivity contribution in [2.45, 2.75) is 55.8 Å². The summed E-state index contributed by atoms with van der Waals surface area (Å²) in [5.41, 5.74) is -0.301. The molecule has 0 bridgehead atoms. The summed E-state index contributed by atoms with van der Waals surface area (Å²) in [6.07, 6.45) is 11.5. The first kappa shape index (κ1) is 30.5. The molecule has 3 atom stereocenters. The second-order valence-electron chi connectivity index (χ2n) is 14.1. The molecule has 0 amide bonds. The van der Waals surface area contributed by atoms with Gasteiger partial charge in [0.1, 0.15) is 41.2 Å². The third-order valence-electron chi connectivity index (χ3n) is 11.1. The number of aryl methyl sites for hydroxylation is 1. The minimum absolute atomic E-state index is 0.00428. The van der Waals surface area contributed by atoms with E-state index < -0.39 is 23.3 Å². The molecule has 0 radical (unpaired) electrons. The average Bonchev–Trinajstić information content (AvgIpc) is 3.74. The van der Waals surface area contributed by atoms with Crippen LogP contribution in [-0.4, -0.2) is 86.5 Å². The van der Waals surface area contributed by atoms with Crippen molar-refractivity contribution in [1.29, 1.82) is 0 Å². The zero-order chi connectivity index (χ0) is 33.7. The van der Waals surface area contributed by atoms with Crippen LogP contribution >= 0.6 is 0 Å². The maximum absolute atomic E-state index is 17.5. The fraction of sp³-hybridized carbons (Fsp3) is 0.432. The molecule has 4 aliphatic rings. The standard InChI is InChI=1S/C37H35F3N6O3/c1-3-24-27(39)7-6-21-14-23(47)15-25(28(21)24)29-31(40)33-30(26-18-44(2)43-32(26)29)34(45-11-5-9-37(19-45)10-13-49-37)42-35(41-33)48-20-36-8-4-12-46(36)17-22(38)16-36/h1,6-7,14-15,18,22,47H,4-5,8-13,16-17,19-20H2,2H3/t22-,36+,37?/m1/s1. The van der Waals surface area contributed by atoms with Crippen LogP contribution < -0.4 is 9.64 Å². The molecule has 5 aromatic rings. The maximum Gasteiger partial charge on any atom is 0.319 e. The Labute approximate surface area is 280 Å². The van der Waals surface area contributed by atoms with Gasteiger partial charge in [0.25, 0.3) is 0 Å². The van der Waals surface area contributed by atoms with Gasteiger partial charge in [-0.1, -0.05) is 12.0 Å². The highest BCUT2D eigenvalue weighted by Crippen LogP contribution is 2.47. The number of terminal acetylenes is 1. The SMILES string of the molecule is C#Cc1c(F)ccc2cc(O)cc(-c3c(F)c4nc(OC[C@@]56CCCN5C[C@H](F)C6)nc(N5CCCC6(CCO6)C5)c4c4cn(C)nc34)c12. The van der Waals surface area contributed by atoms with Gasteiger partial charge in [-0.25, -0.2) is 13.2 Å². The molecule has 0 saturated carbocycles.